The van der Waals surface area contributed by atoms with E-state index >= 15 is 0 Å². The Hall–Kier alpha value is -1.31. The molecule has 6 nitrogen and oxygen atoms in total. The molecule has 0 aromatic heterocycles. The number of nitrogen functional groups attached to an aromatic ring is 1. The fourth-order valence-corrected chi connectivity index (χ4v) is 3.21. The van der Waals surface area contributed by atoms with Crippen molar-refractivity contribution in [3.63, 3.8) is 0 Å². The van der Waals surface area contributed by atoms with Crippen LogP contribution >= 0.6 is 0 Å². The molecule has 1 unspecified atom stereocenters. The van der Waals surface area contributed by atoms with Gasteiger partial charge in [-0.15, -0.1) is 0 Å². The quantitative estimate of drug-likeness (QED) is 0.658. The Kier molecular flexibility index (Phi) is 6.00. The van der Waals surface area contributed by atoms with Gasteiger partial charge in [-0.05, 0) is 37.0 Å². The average molecular weight is 316 g/mol. The second-order valence-corrected chi connectivity index (χ2v) is 7.23. The lowest BCUT2D eigenvalue weighted by molar-refractivity contribution is 0.152. The monoisotopic (exact) mass is 316 g/mol. The molecule has 0 aliphatic carbocycles. The topological polar surface area (TPSA) is 102 Å². The van der Waals surface area contributed by atoms with Crippen LogP contribution in [0.25, 0.3) is 0 Å². The lowest BCUT2D eigenvalue weighted by Gasteiger charge is -2.16. The Balaban J connectivity index is 2.95. The number of anilines is 1. The molecule has 0 heterocycles. The molecule has 0 spiro atoms. The zero-order chi connectivity index (χ0) is 16.2. The maximum Gasteiger partial charge on any atom is 0.244 e. The molecule has 0 fully saturated rings. The Labute approximate surface area is 126 Å². The van der Waals surface area contributed by atoms with Gasteiger partial charge in [0.05, 0.1) is 13.2 Å². The van der Waals surface area contributed by atoms with Crippen LogP contribution in [0.3, 0.4) is 0 Å². The first kappa shape index (κ1) is 17.7. The first-order valence-corrected chi connectivity index (χ1v) is 8.27. The van der Waals surface area contributed by atoms with Crippen LogP contribution in [0, 0.1) is 12.8 Å². The van der Waals surface area contributed by atoms with Gasteiger partial charge in [-0.2, -0.15) is 0 Å². The molecule has 1 rings (SSSR count). The normalized spacial score (nSPS) is 13.4. The van der Waals surface area contributed by atoms with Gasteiger partial charge >= 0.3 is 0 Å². The fraction of sp³-hybridized carbons (Fsp3) is 0.571. The number of sulfonamides is 1. The number of ether oxygens (including phenoxy) is 1. The SMILES string of the molecule is COc1cc(C)c(N)cc1S(=O)(=O)NCC(O)CC(C)C. The van der Waals surface area contributed by atoms with Crippen molar-refractivity contribution < 1.29 is 18.3 Å². The van der Waals surface area contributed by atoms with Gasteiger partial charge in [0.1, 0.15) is 10.6 Å². The number of aliphatic hydroxyl groups is 1. The molecule has 7 heteroatoms. The van der Waals surface area contributed by atoms with Crippen molar-refractivity contribution in [1.82, 2.24) is 4.72 Å². The average Bonchev–Trinajstić information content (AvgIpc) is 2.38. The highest BCUT2D eigenvalue weighted by atomic mass is 32.2. The van der Waals surface area contributed by atoms with Gasteiger partial charge in [0.25, 0.3) is 0 Å². The number of benzene rings is 1. The van der Waals surface area contributed by atoms with Crippen LogP contribution in [0.5, 0.6) is 5.75 Å². The molecule has 0 aliphatic rings. The fourth-order valence-electron chi connectivity index (χ4n) is 1.96. The van der Waals surface area contributed by atoms with E-state index in [0.717, 1.165) is 5.56 Å². The van der Waals surface area contributed by atoms with Gasteiger partial charge < -0.3 is 15.6 Å². The molecule has 4 N–H and O–H groups in total. The molecule has 0 saturated heterocycles. The Bertz CT molecular complexity index is 585. The molecular formula is C14H24N2O4S. The molecule has 0 saturated carbocycles. The van der Waals surface area contributed by atoms with Crippen LogP contribution in [-0.2, 0) is 10.0 Å². The number of methoxy groups -OCH3 is 1. The summed E-state index contributed by atoms with van der Waals surface area (Å²) in [7, 11) is -2.39. The first-order chi connectivity index (χ1) is 9.67. The van der Waals surface area contributed by atoms with E-state index in [1.54, 1.807) is 13.0 Å². The summed E-state index contributed by atoms with van der Waals surface area (Å²) in [6, 6.07) is 2.94. The minimum absolute atomic E-state index is 0.0233. The van der Waals surface area contributed by atoms with Crippen LogP contribution in [-0.4, -0.2) is 33.3 Å². The second-order valence-electron chi connectivity index (χ2n) is 5.49. The predicted molar refractivity (Wildman–Crippen MR) is 82.8 cm³/mol. The number of hydrogen-bond donors (Lipinski definition) is 3. The molecule has 0 aliphatic heterocycles. The predicted octanol–water partition coefficient (Wildman–Crippen LogP) is 1.27. The molecular weight excluding hydrogens is 292 g/mol. The largest absolute Gasteiger partial charge is 0.495 e. The molecule has 1 atom stereocenters. The summed E-state index contributed by atoms with van der Waals surface area (Å²) >= 11 is 0. The van der Waals surface area contributed by atoms with Gasteiger partial charge in [-0.3, -0.25) is 0 Å². The zero-order valence-electron chi connectivity index (χ0n) is 12.9. The molecule has 1 aromatic rings. The van der Waals surface area contributed by atoms with Crippen LogP contribution in [0.1, 0.15) is 25.8 Å². The highest BCUT2D eigenvalue weighted by Crippen LogP contribution is 2.28. The highest BCUT2D eigenvalue weighted by Gasteiger charge is 2.22. The summed E-state index contributed by atoms with van der Waals surface area (Å²) in [6.45, 7) is 5.65. The van der Waals surface area contributed by atoms with Gasteiger partial charge in [0.15, 0.2) is 0 Å². The molecule has 120 valence electrons. The van der Waals surface area contributed by atoms with E-state index in [2.05, 4.69) is 4.72 Å². The number of aliphatic hydroxyl groups excluding tert-OH is 1. The summed E-state index contributed by atoms with van der Waals surface area (Å²) in [5, 5.41) is 9.77. The van der Waals surface area contributed by atoms with E-state index in [1.807, 2.05) is 13.8 Å². The third-order valence-corrected chi connectivity index (χ3v) is 4.54. The third-order valence-electron chi connectivity index (χ3n) is 3.09. The molecule has 0 amide bonds. The van der Waals surface area contributed by atoms with E-state index in [4.69, 9.17) is 10.5 Å². The van der Waals surface area contributed by atoms with Crippen LogP contribution in [0.4, 0.5) is 5.69 Å². The van der Waals surface area contributed by atoms with Gasteiger partial charge in [-0.25, -0.2) is 13.1 Å². The van der Waals surface area contributed by atoms with Crippen molar-refractivity contribution in [2.75, 3.05) is 19.4 Å². The standard InChI is InChI=1S/C14H24N2O4S/c1-9(2)5-11(17)8-16-21(18,19)14-7-12(15)10(3)6-13(14)20-4/h6-7,9,11,16-17H,5,8,15H2,1-4H3. The summed E-state index contributed by atoms with van der Waals surface area (Å²) in [4.78, 5) is -0.0233. The number of nitrogens with two attached hydrogens (primary N) is 1. The summed E-state index contributed by atoms with van der Waals surface area (Å²) < 4.78 is 32.1. The van der Waals surface area contributed by atoms with Crippen molar-refractivity contribution in [2.45, 2.75) is 38.2 Å². The minimum Gasteiger partial charge on any atom is -0.495 e. The summed E-state index contributed by atoms with van der Waals surface area (Å²) in [6.07, 6.45) is -0.205. The zero-order valence-corrected chi connectivity index (χ0v) is 13.7. The lowest BCUT2D eigenvalue weighted by atomic mass is 10.1. The second kappa shape index (κ2) is 7.11. The van der Waals surface area contributed by atoms with Gasteiger partial charge in [0.2, 0.25) is 10.0 Å². The van der Waals surface area contributed by atoms with Crippen molar-refractivity contribution in [3.05, 3.63) is 17.7 Å². The van der Waals surface area contributed by atoms with E-state index in [-0.39, 0.29) is 23.1 Å². The maximum atomic E-state index is 12.3. The van der Waals surface area contributed by atoms with Gasteiger partial charge in [-0.1, -0.05) is 13.8 Å². The minimum atomic E-state index is -3.79. The van der Waals surface area contributed by atoms with Crippen LogP contribution < -0.4 is 15.2 Å². The van der Waals surface area contributed by atoms with E-state index < -0.39 is 16.1 Å². The lowest BCUT2D eigenvalue weighted by Crippen LogP contribution is -2.33. The van der Waals surface area contributed by atoms with Crippen molar-refractivity contribution in [3.8, 4) is 5.75 Å². The Morgan fingerprint density at radius 3 is 2.52 bits per heavy atom. The number of rotatable bonds is 7. The number of aryl methyl sites for hydroxylation is 1. The van der Waals surface area contributed by atoms with E-state index in [1.165, 1.54) is 13.2 Å². The van der Waals surface area contributed by atoms with Crippen molar-refractivity contribution in [2.24, 2.45) is 5.92 Å². The maximum absolute atomic E-state index is 12.3. The molecule has 1 aromatic carbocycles. The smallest absolute Gasteiger partial charge is 0.244 e. The third kappa shape index (κ3) is 4.87. The molecule has 21 heavy (non-hydrogen) atoms. The Morgan fingerprint density at radius 2 is 2.00 bits per heavy atom. The summed E-state index contributed by atoms with van der Waals surface area (Å²) in [5.41, 5.74) is 6.88. The van der Waals surface area contributed by atoms with E-state index in [9.17, 15) is 13.5 Å². The number of nitrogens with one attached hydrogen (secondary N) is 1. The number of hydrogen-bond acceptors (Lipinski definition) is 5. The van der Waals surface area contributed by atoms with E-state index in [0.29, 0.717) is 12.1 Å². The Morgan fingerprint density at radius 1 is 1.38 bits per heavy atom. The highest BCUT2D eigenvalue weighted by molar-refractivity contribution is 7.89. The van der Waals surface area contributed by atoms with Crippen molar-refractivity contribution in [1.29, 1.82) is 0 Å². The van der Waals surface area contributed by atoms with Crippen molar-refractivity contribution >= 4 is 15.7 Å². The molecule has 0 radical (unpaired) electrons. The first-order valence-electron chi connectivity index (χ1n) is 6.79. The summed E-state index contributed by atoms with van der Waals surface area (Å²) in [5.74, 6) is 0.515. The van der Waals surface area contributed by atoms with Gasteiger partial charge in [0, 0.05) is 12.2 Å². The van der Waals surface area contributed by atoms with Crippen LogP contribution in [0.2, 0.25) is 0 Å². The van der Waals surface area contributed by atoms with Crippen LogP contribution in [0.15, 0.2) is 17.0 Å². The molecule has 0 bridgehead atoms.